The molecule has 0 bridgehead atoms. The number of aliphatic imine (C=N–C) groups is 1. The predicted octanol–water partition coefficient (Wildman–Crippen LogP) is 2.08. The van der Waals surface area contributed by atoms with Crippen LogP contribution in [0.15, 0.2) is 35.3 Å². The van der Waals surface area contributed by atoms with Crippen molar-refractivity contribution in [3.05, 3.63) is 30.3 Å². The first kappa shape index (κ1) is 20.5. The van der Waals surface area contributed by atoms with Crippen LogP contribution >= 0.6 is 0 Å². The van der Waals surface area contributed by atoms with Gasteiger partial charge in [-0.25, -0.2) is 0 Å². The van der Waals surface area contributed by atoms with Crippen LogP contribution in [0, 0.1) is 0 Å². The lowest BCUT2D eigenvalue weighted by Crippen LogP contribution is -2.41. The molecule has 146 valence electrons. The molecule has 1 aromatic rings. The minimum absolute atomic E-state index is 0.641. The summed E-state index contributed by atoms with van der Waals surface area (Å²) in [6.45, 7) is 10.3. The highest BCUT2D eigenvalue weighted by molar-refractivity contribution is 5.79. The van der Waals surface area contributed by atoms with Crippen LogP contribution in [-0.4, -0.2) is 81.9 Å². The largest absolute Gasteiger partial charge is 0.492 e. The van der Waals surface area contributed by atoms with Gasteiger partial charge in [0.1, 0.15) is 12.4 Å². The minimum atomic E-state index is 0.641. The fourth-order valence-electron chi connectivity index (χ4n) is 2.85. The number of likely N-dealkylation sites (N-methyl/N-ethyl adjacent to an activating group) is 1. The normalized spacial score (nSPS) is 15.7. The predicted molar refractivity (Wildman–Crippen MR) is 107 cm³/mol. The van der Waals surface area contributed by atoms with Gasteiger partial charge in [0, 0.05) is 33.2 Å². The summed E-state index contributed by atoms with van der Waals surface area (Å²) < 4.78 is 11.2. The summed E-state index contributed by atoms with van der Waals surface area (Å²) in [5.41, 5.74) is 0. The van der Waals surface area contributed by atoms with Crippen molar-refractivity contribution >= 4 is 5.96 Å². The molecule has 2 rings (SSSR count). The van der Waals surface area contributed by atoms with Gasteiger partial charge in [-0.1, -0.05) is 18.2 Å². The summed E-state index contributed by atoms with van der Waals surface area (Å²) in [6.07, 6.45) is 2.30. The van der Waals surface area contributed by atoms with Crippen molar-refractivity contribution in [1.29, 1.82) is 0 Å². The second-order valence-electron chi connectivity index (χ2n) is 6.48. The molecule has 1 aromatic carbocycles. The number of ether oxygens (including phenoxy) is 2. The summed E-state index contributed by atoms with van der Waals surface area (Å²) in [6, 6.07) is 9.93. The number of para-hydroxylation sites is 1. The van der Waals surface area contributed by atoms with Gasteiger partial charge in [-0.05, 0) is 38.4 Å². The van der Waals surface area contributed by atoms with Crippen molar-refractivity contribution < 1.29 is 9.47 Å². The standard InChI is InChI=1S/C20H34N4O2/c1-3-21-20(22-11-7-8-12-24-14-16-25-17-15-24)23(2)13-18-26-19-9-5-4-6-10-19/h4-6,9-10H,3,7-8,11-18H2,1-2H3,(H,21,22). The first-order valence-corrected chi connectivity index (χ1v) is 9.77. The van der Waals surface area contributed by atoms with Crippen LogP contribution in [0.4, 0.5) is 0 Å². The summed E-state index contributed by atoms with van der Waals surface area (Å²) in [5, 5.41) is 3.36. The summed E-state index contributed by atoms with van der Waals surface area (Å²) in [7, 11) is 2.06. The van der Waals surface area contributed by atoms with E-state index in [9.17, 15) is 0 Å². The van der Waals surface area contributed by atoms with Gasteiger partial charge < -0.3 is 19.7 Å². The number of nitrogens with zero attached hydrogens (tertiary/aromatic N) is 3. The highest BCUT2D eigenvalue weighted by atomic mass is 16.5. The second kappa shape index (κ2) is 12.5. The van der Waals surface area contributed by atoms with Crippen molar-refractivity contribution in [1.82, 2.24) is 15.1 Å². The molecule has 1 N–H and O–H groups in total. The summed E-state index contributed by atoms with van der Waals surface area (Å²) in [4.78, 5) is 9.37. The number of morpholine rings is 1. The topological polar surface area (TPSA) is 49.3 Å². The Hall–Kier alpha value is -1.79. The zero-order chi connectivity index (χ0) is 18.5. The molecule has 0 unspecified atom stereocenters. The molecule has 0 atom stereocenters. The van der Waals surface area contributed by atoms with Gasteiger partial charge in [-0.2, -0.15) is 0 Å². The molecule has 1 heterocycles. The number of unbranched alkanes of at least 4 members (excludes halogenated alkanes) is 1. The zero-order valence-electron chi connectivity index (χ0n) is 16.3. The first-order valence-electron chi connectivity index (χ1n) is 9.77. The monoisotopic (exact) mass is 362 g/mol. The molecule has 26 heavy (non-hydrogen) atoms. The van der Waals surface area contributed by atoms with E-state index in [4.69, 9.17) is 14.5 Å². The molecule has 0 aromatic heterocycles. The van der Waals surface area contributed by atoms with E-state index in [0.29, 0.717) is 6.61 Å². The highest BCUT2D eigenvalue weighted by Crippen LogP contribution is 2.07. The number of hydrogen-bond acceptors (Lipinski definition) is 4. The molecule has 1 fully saturated rings. The van der Waals surface area contributed by atoms with Crippen LogP contribution in [0.2, 0.25) is 0 Å². The Labute approximate surface area is 158 Å². The molecular weight excluding hydrogens is 328 g/mol. The van der Waals surface area contributed by atoms with Crippen LogP contribution in [0.5, 0.6) is 5.75 Å². The molecule has 0 spiro atoms. The Morgan fingerprint density at radius 3 is 2.73 bits per heavy atom. The zero-order valence-corrected chi connectivity index (χ0v) is 16.3. The van der Waals surface area contributed by atoms with E-state index in [-0.39, 0.29) is 0 Å². The molecule has 1 aliphatic rings. The maximum Gasteiger partial charge on any atom is 0.193 e. The van der Waals surface area contributed by atoms with Crippen LogP contribution in [0.1, 0.15) is 19.8 Å². The molecule has 1 aliphatic heterocycles. The van der Waals surface area contributed by atoms with E-state index in [1.165, 1.54) is 6.42 Å². The average molecular weight is 363 g/mol. The third-order valence-electron chi connectivity index (χ3n) is 4.38. The molecule has 0 radical (unpaired) electrons. The lowest BCUT2D eigenvalue weighted by Gasteiger charge is -2.26. The van der Waals surface area contributed by atoms with E-state index in [0.717, 1.165) is 70.6 Å². The van der Waals surface area contributed by atoms with E-state index < -0.39 is 0 Å². The first-order chi connectivity index (χ1) is 12.8. The number of rotatable bonds is 10. The van der Waals surface area contributed by atoms with E-state index in [1.807, 2.05) is 30.3 Å². The van der Waals surface area contributed by atoms with Gasteiger partial charge in [0.25, 0.3) is 0 Å². The Morgan fingerprint density at radius 2 is 2.00 bits per heavy atom. The van der Waals surface area contributed by atoms with Gasteiger partial charge in [0.05, 0.1) is 19.8 Å². The minimum Gasteiger partial charge on any atom is -0.492 e. The van der Waals surface area contributed by atoms with Crippen molar-refractivity contribution in [2.24, 2.45) is 4.99 Å². The number of guanidine groups is 1. The second-order valence-corrected chi connectivity index (χ2v) is 6.48. The fourth-order valence-corrected chi connectivity index (χ4v) is 2.85. The highest BCUT2D eigenvalue weighted by Gasteiger charge is 2.09. The Morgan fingerprint density at radius 1 is 1.23 bits per heavy atom. The van der Waals surface area contributed by atoms with Gasteiger partial charge in [-0.3, -0.25) is 9.89 Å². The lowest BCUT2D eigenvalue weighted by molar-refractivity contribution is 0.0373. The molecule has 1 saturated heterocycles. The third kappa shape index (κ3) is 8.06. The number of nitrogens with one attached hydrogen (secondary N) is 1. The van der Waals surface area contributed by atoms with Crippen molar-refractivity contribution in [2.45, 2.75) is 19.8 Å². The van der Waals surface area contributed by atoms with E-state index in [1.54, 1.807) is 0 Å². The summed E-state index contributed by atoms with van der Waals surface area (Å²) in [5.74, 6) is 1.86. The molecular formula is C20H34N4O2. The Bertz CT molecular complexity index is 504. The van der Waals surface area contributed by atoms with Gasteiger partial charge >= 0.3 is 0 Å². The molecule has 0 amide bonds. The fraction of sp³-hybridized carbons (Fsp3) is 0.650. The van der Waals surface area contributed by atoms with Crippen LogP contribution in [-0.2, 0) is 4.74 Å². The SMILES string of the molecule is CCNC(=NCCCCN1CCOCC1)N(C)CCOc1ccccc1. The Balaban J connectivity index is 1.65. The van der Waals surface area contributed by atoms with Gasteiger partial charge in [0.2, 0.25) is 0 Å². The quantitative estimate of drug-likeness (QED) is 0.392. The average Bonchev–Trinajstić information content (AvgIpc) is 2.68. The van der Waals surface area contributed by atoms with Crippen molar-refractivity contribution in [3.8, 4) is 5.75 Å². The summed E-state index contributed by atoms with van der Waals surface area (Å²) >= 11 is 0. The van der Waals surface area contributed by atoms with Crippen LogP contribution in [0.25, 0.3) is 0 Å². The van der Waals surface area contributed by atoms with E-state index in [2.05, 4.69) is 29.1 Å². The van der Waals surface area contributed by atoms with Crippen LogP contribution in [0.3, 0.4) is 0 Å². The Kier molecular flexibility index (Phi) is 9.90. The maximum atomic E-state index is 5.77. The molecule has 0 saturated carbocycles. The molecule has 6 heteroatoms. The smallest absolute Gasteiger partial charge is 0.193 e. The van der Waals surface area contributed by atoms with Crippen molar-refractivity contribution in [2.75, 3.05) is 66.1 Å². The van der Waals surface area contributed by atoms with Gasteiger partial charge in [-0.15, -0.1) is 0 Å². The maximum absolute atomic E-state index is 5.77. The van der Waals surface area contributed by atoms with E-state index >= 15 is 0 Å². The molecule has 6 nitrogen and oxygen atoms in total. The van der Waals surface area contributed by atoms with Gasteiger partial charge in [0.15, 0.2) is 5.96 Å². The number of hydrogen-bond donors (Lipinski definition) is 1. The molecule has 0 aliphatic carbocycles. The van der Waals surface area contributed by atoms with Crippen molar-refractivity contribution in [3.63, 3.8) is 0 Å². The van der Waals surface area contributed by atoms with Crippen LogP contribution < -0.4 is 10.1 Å². The third-order valence-corrected chi connectivity index (χ3v) is 4.38. The lowest BCUT2D eigenvalue weighted by atomic mass is 10.3. The number of benzene rings is 1.